The second-order valence-electron chi connectivity index (χ2n) is 4.22. The molecular weight excluding hydrogens is 300 g/mol. The summed E-state index contributed by atoms with van der Waals surface area (Å²) in [5.74, 6) is 0.0809. The van der Waals surface area contributed by atoms with Gasteiger partial charge in [0.1, 0.15) is 17.5 Å². The van der Waals surface area contributed by atoms with Gasteiger partial charge in [0.25, 0.3) is 5.69 Å². The van der Waals surface area contributed by atoms with E-state index in [9.17, 15) is 25.1 Å². The lowest BCUT2D eigenvalue weighted by Gasteiger charge is -2.19. The van der Waals surface area contributed by atoms with E-state index in [0.717, 1.165) is 17.8 Å². The Balaban J connectivity index is 3.12. The van der Waals surface area contributed by atoms with E-state index in [-0.39, 0.29) is 27.9 Å². The molecule has 0 saturated carbocycles. The number of nitrogen functional groups attached to an aromatic ring is 1. The third-order valence-corrected chi connectivity index (χ3v) is 3.65. The van der Waals surface area contributed by atoms with Crippen LogP contribution >= 0.6 is 11.8 Å². The predicted molar refractivity (Wildman–Crippen MR) is 78.2 cm³/mol. The zero-order valence-corrected chi connectivity index (χ0v) is 12.3. The van der Waals surface area contributed by atoms with Crippen molar-refractivity contribution in [1.82, 2.24) is 0 Å². The third kappa shape index (κ3) is 4.31. The molecule has 0 aliphatic carbocycles. The number of methoxy groups -OCH3 is 1. The molecule has 1 rings (SSSR count). The first-order chi connectivity index (χ1) is 9.77. The standard InChI is InChI=1S/C12H16N2O6S/c1-6(15)21-5-10(16)12(17)8-3-7(20-2)4-9(11(8)13)14(18)19/h3-4,10,12,16-17H,5,13H2,1-2H3. The Kier molecular flexibility index (Phi) is 5.94. The van der Waals surface area contributed by atoms with Crippen LogP contribution in [0.15, 0.2) is 12.1 Å². The number of nitro benzene ring substituents is 1. The zero-order chi connectivity index (χ0) is 16.2. The van der Waals surface area contributed by atoms with Gasteiger partial charge in [-0.15, -0.1) is 0 Å². The molecular formula is C12H16N2O6S. The maximum atomic E-state index is 10.9. The molecule has 1 aromatic rings. The second kappa shape index (κ2) is 7.25. The number of nitrogens with two attached hydrogens (primary N) is 1. The molecule has 0 spiro atoms. The maximum absolute atomic E-state index is 10.9. The van der Waals surface area contributed by atoms with Crippen molar-refractivity contribution in [2.45, 2.75) is 19.1 Å². The van der Waals surface area contributed by atoms with Crippen LogP contribution in [0.2, 0.25) is 0 Å². The molecule has 0 fully saturated rings. The van der Waals surface area contributed by atoms with Crippen LogP contribution in [0.25, 0.3) is 0 Å². The summed E-state index contributed by atoms with van der Waals surface area (Å²) in [5.41, 5.74) is 4.97. The second-order valence-corrected chi connectivity index (χ2v) is 5.42. The highest BCUT2D eigenvalue weighted by molar-refractivity contribution is 8.13. The Labute approximate surface area is 125 Å². The number of hydrogen-bond donors (Lipinski definition) is 3. The van der Waals surface area contributed by atoms with E-state index in [0.29, 0.717) is 0 Å². The molecule has 21 heavy (non-hydrogen) atoms. The average molecular weight is 316 g/mol. The monoisotopic (exact) mass is 316 g/mol. The van der Waals surface area contributed by atoms with Crippen molar-refractivity contribution >= 4 is 28.3 Å². The fourth-order valence-corrected chi connectivity index (χ4v) is 2.24. The number of thioether (sulfide) groups is 1. The van der Waals surface area contributed by atoms with Crippen LogP contribution < -0.4 is 10.5 Å². The lowest BCUT2D eigenvalue weighted by Crippen LogP contribution is -2.22. The first-order valence-corrected chi connectivity index (χ1v) is 6.87. The number of nitrogens with zero attached hydrogens (tertiary/aromatic N) is 1. The van der Waals surface area contributed by atoms with Crippen LogP contribution in [0.3, 0.4) is 0 Å². The molecule has 1 aromatic carbocycles. The number of anilines is 1. The number of rotatable bonds is 6. The van der Waals surface area contributed by atoms with Crippen LogP contribution in [0.4, 0.5) is 11.4 Å². The number of benzene rings is 1. The van der Waals surface area contributed by atoms with Gasteiger partial charge in [-0.05, 0) is 6.07 Å². The topological polar surface area (TPSA) is 136 Å². The van der Waals surface area contributed by atoms with Gasteiger partial charge >= 0.3 is 0 Å². The molecule has 0 saturated heterocycles. The van der Waals surface area contributed by atoms with Gasteiger partial charge in [-0.2, -0.15) is 0 Å². The smallest absolute Gasteiger partial charge is 0.296 e. The van der Waals surface area contributed by atoms with E-state index in [4.69, 9.17) is 10.5 Å². The van der Waals surface area contributed by atoms with E-state index in [1.807, 2.05) is 0 Å². The summed E-state index contributed by atoms with van der Waals surface area (Å²) in [6.45, 7) is 1.33. The highest BCUT2D eigenvalue weighted by atomic mass is 32.2. The fourth-order valence-electron chi connectivity index (χ4n) is 1.65. The van der Waals surface area contributed by atoms with Crippen molar-refractivity contribution in [3.8, 4) is 5.75 Å². The molecule has 0 aliphatic heterocycles. The van der Waals surface area contributed by atoms with Crippen LogP contribution in [0.1, 0.15) is 18.6 Å². The highest BCUT2D eigenvalue weighted by Crippen LogP contribution is 2.35. The molecule has 8 nitrogen and oxygen atoms in total. The number of ether oxygens (including phenoxy) is 1. The minimum atomic E-state index is -1.47. The number of nitro groups is 1. The Hall–Kier alpha value is -1.84. The van der Waals surface area contributed by atoms with Crippen molar-refractivity contribution in [3.63, 3.8) is 0 Å². The minimum Gasteiger partial charge on any atom is -0.496 e. The van der Waals surface area contributed by atoms with Gasteiger partial charge in [0, 0.05) is 18.2 Å². The number of carbonyl (C=O) groups excluding carboxylic acids is 1. The van der Waals surface area contributed by atoms with Crippen molar-refractivity contribution < 1.29 is 24.7 Å². The molecule has 2 unspecified atom stereocenters. The summed E-state index contributed by atoms with van der Waals surface area (Å²) in [7, 11) is 1.31. The lowest BCUT2D eigenvalue weighted by molar-refractivity contribution is -0.384. The normalized spacial score (nSPS) is 13.5. The number of hydrogen-bond acceptors (Lipinski definition) is 8. The molecule has 9 heteroatoms. The van der Waals surface area contributed by atoms with Gasteiger partial charge < -0.3 is 20.7 Å². The summed E-state index contributed by atoms with van der Waals surface area (Å²) >= 11 is 0.834. The maximum Gasteiger partial charge on any atom is 0.296 e. The quantitative estimate of drug-likeness (QED) is 0.399. The van der Waals surface area contributed by atoms with Crippen LogP contribution in [-0.4, -0.2) is 39.2 Å². The summed E-state index contributed by atoms with van der Waals surface area (Å²) in [5, 5.41) is 30.6. The van der Waals surface area contributed by atoms with E-state index in [2.05, 4.69) is 0 Å². The van der Waals surface area contributed by atoms with Gasteiger partial charge in [0.2, 0.25) is 0 Å². The van der Waals surface area contributed by atoms with E-state index in [1.165, 1.54) is 20.1 Å². The van der Waals surface area contributed by atoms with Crippen molar-refractivity contribution in [1.29, 1.82) is 0 Å². The van der Waals surface area contributed by atoms with Crippen LogP contribution in [0, 0.1) is 10.1 Å². The van der Waals surface area contributed by atoms with Crippen molar-refractivity contribution in [2.24, 2.45) is 0 Å². The molecule has 116 valence electrons. The molecule has 2 atom stereocenters. The number of aliphatic hydroxyl groups excluding tert-OH is 2. The first kappa shape index (κ1) is 17.2. The SMILES string of the molecule is COc1cc(C(O)C(O)CSC(C)=O)c(N)c([N+](=O)[O-])c1. The minimum absolute atomic E-state index is 0.0160. The summed E-state index contributed by atoms with van der Waals surface area (Å²) in [6.07, 6.45) is -2.77. The fraction of sp³-hybridized carbons (Fsp3) is 0.417. The Bertz CT molecular complexity index is 551. The van der Waals surface area contributed by atoms with E-state index < -0.39 is 22.8 Å². The molecule has 4 N–H and O–H groups in total. The number of aliphatic hydroxyl groups is 2. The van der Waals surface area contributed by atoms with E-state index in [1.54, 1.807) is 0 Å². The third-order valence-electron chi connectivity index (χ3n) is 2.74. The Morgan fingerprint density at radius 2 is 2.14 bits per heavy atom. The number of carbonyl (C=O) groups is 1. The zero-order valence-electron chi connectivity index (χ0n) is 11.5. The highest BCUT2D eigenvalue weighted by Gasteiger charge is 2.26. The summed E-state index contributed by atoms with van der Waals surface area (Å²) in [6, 6.07) is 2.44. The summed E-state index contributed by atoms with van der Waals surface area (Å²) in [4.78, 5) is 21.1. The van der Waals surface area contributed by atoms with Gasteiger partial charge in [-0.3, -0.25) is 14.9 Å². The average Bonchev–Trinajstić information content (AvgIpc) is 2.43. The van der Waals surface area contributed by atoms with Gasteiger partial charge in [-0.1, -0.05) is 11.8 Å². The van der Waals surface area contributed by atoms with Crippen molar-refractivity contribution in [3.05, 3.63) is 27.8 Å². The Morgan fingerprint density at radius 1 is 1.52 bits per heavy atom. The molecule has 0 amide bonds. The molecule has 0 bridgehead atoms. The van der Waals surface area contributed by atoms with Gasteiger partial charge in [0.05, 0.1) is 24.2 Å². The van der Waals surface area contributed by atoms with Crippen LogP contribution in [-0.2, 0) is 4.79 Å². The molecule has 0 radical (unpaired) electrons. The largest absolute Gasteiger partial charge is 0.496 e. The molecule has 0 aromatic heterocycles. The molecule has 0 heterocycles. The van der Waals surface area contributed by atoms with Crippen LogP contribution in [0.5, 0.6) is 5.75 Å². The lowest BCUT2D eigenvalue weighted by atomic mass is 10.0. The predicted octanol–water partition coefficient (Wildman–Crippen LogP) is 0.860. The first-order valence-electron chi connectivity index (χ1n) is 5.89. The summed E-state index contributed by atoms with van der Waals surface area (Å²) < 4.78 is 4.92. The van der Waals surface area contributed by atoms with Gasteiger partial charge in [0.15, 0.2) is 5.12 Å². The van der Waals surface area contributed by atoms with Crippen molar-refractivity contribution in [2.75, 3.05) is 18.6 Å². The molecule has 0 aliphatic rings. The Morgan fingerprint density at radius 3 is 2.62 bits per heavy atom. The van der Waals surface area contributed by atoms with E-state index >= 15 is 0 Å². The van der Waals surface area contributed by atoms with Gasteiger partial charge in [-0.25, -0.2) is 0 Å².